The van der Waals surface area contributed by atoms with E-state index >= 15 is 0 Å². The van der Waals surface area contributed by atoms with E-state index in [4.69, 9.17) is 4.74 Å². The summed E-state index contributed by atoms with van der Waals surface area (Å²) in [5.41, 5.74) is 4.61. The lowest BCUT2D eigenvalue weighted by Crippen LogP contribution is -2.41. The predicted octanol–water partition coefficient (Wildman–Crippen LogP) is 2.93. The van der Waals surface area contributed by atoms with Gasteiger partial charge in [-0.25, -0.2) is 9.97 Å². The fraction of sp³-hybridized carbons (Fsp3) is 0.240. The van der Waals surface area contributed by atoms with Crippen LogP contribution in [0.15, 0.2) is 48.8 Å². The summed E-state index contributed by atoms with van der Waals surface area (Å²) in [5.74, 6) is 0.181. The van der Waals surface area contributed by atoms with Gasteiger partial charge in [-0.15, -0.1) is 0 Å². The molecule has 0 unspecified atom stereocenters. The molecular formula is C25H23N5O3. The van der Waals surface area contributed by atoms with Crippen molar-refractivity contribution in [2.24, 2.45) is 0 Å². The molecular weight excluding hydrogens is 418 g/mol. The van der Waals surface area contributed by atoms with Crippen LogP contribution in [0.3, 0.4) is 0 Å². The van der Waals surface area contributed by atoms with Gasteiger partial charge < -0.3 is 15.0 Å². The van der Waals surface area contributed by atoms with Gasteiger partial charge in [0.15, 0.2) is 0 Å². The molecule has 3 aromatic rings. The summed E-state index contributed by atoms with van der Waals surface area (Å²) >= 11 is 0. The lowest BCUT2D eigenvalue weighted by atomic mass is 9.96. The lowest BCUT2D eigenvalue weighted by molar-refractivity contribution is -0.125. The van der Waals surface area contributed by atoms with Crippen LogP contribution in [-0.4, -0.2) is 41.5 Å². The van der Waals surface area contributed by atoms with E-state index in [9.17, 15) is 14.9 Å². The molecule has 0 spiro atoms. The van der Waals surface area contributed by atoms with Crippen molar-refractivity contribution in [3.8, 4) is 17.2 Å². The highest BCUT2D eigenvalue weighted by molar-refractivity contribution is 6.00. The van der Waals surface area contributed by atoms with Crippen LogP contribution in [0.25, 0.3) is 11.1 Å². The van der Waals surface area contributed by atoms with Crippen LogP contribution in [0, 0.1) is 25.2 Å². The van der Waals surface area contributed by atoms with Crippen molar-refractivity contribution < 1.29 is 14.3 Å². The fourth-order valence-corrected chi connectivity index (χ4v) is 3.64. The number of hydrogen-bond donors (Lipinski definition) is 1. The third-order valence-corrected chi connectivity index (χ3v) is 5.37. The van der Waals surface area contributed by atoms with Crippen molar-refractivity contribution in [2.45, 2.75) is 20.4 Å². The van der Waals surface area contributed by atoms with E-state index in [1.54, 1.807) is 42.4 Å². The van der Waals surface area contributed by atoms with Crippen molar-refractivity contribution in [1.82, 2.24) is 15.3 Å². The quantitative estimate of drug-likeness (QED) is 0.652. The maximum absolute atomic E-state index is 13.0. The first-order valence-corrected chi connectivity index (χ1v) is 10.5. The molecule has 1 aliphatic rings. The zero-order valence-corrected chi connectivity index (χ0v) is 18.5. The molecule has 1 N–H and O–H groups in total. The standard InChI is InChI=1S/C25H23N5O3/c1-16-3-4-23(21(7-16)11-26)19-8-20(10-22(9-19)30-5-6-33-15-24(30)31)25(32)29-14-18-12-27-17(2)28-13-18/h3-4,7-10,12-13H,5-6,14-15H2,1-2H3,(H,29,32). The maximum Gasteiger partial charge on any atom is 0.253 e. The summed E-state index contributed by atoms with van der Waals surface area (Å²) in [7, 11) is 0. The van der Waals surface area contributed by atoms with Crippen LogP contribution in [0.2, 0.25) is 0 Å². The number of amides is 2. The second-order valence-corrected chi connectivity index (χ2v) is 7.85. The predicted molar refractivity (Wildman–Crippen MR) is 122 cm³/mol. The van der Waals surface area contributed by atoms with Crippen molar-refractivity contribution in [3.63, 3.8) is 0 Å². The number of nitrogens with one attached hydrogen (secondary N) is 1. The van der Waals surface area contributed by atoms with Gasteiger partial charge in [0.05, 0.1) is 18.2 Å². The summed E-state index contributed by atoms with van der Waals surface area (Å²) in [5, 5.41) is 12.5. The van der Waals surface area contributed by atoms with Gasteiger partial charge in [0.25, 0.3) is 11.8 Å². The van der Waals surface area contributed by atoms with E-state index in [1.165, 1.54) is 0 Å². The van der Waals surface area contributed by atoms with Crippen LogP contribution in [0.4, 0.5) is 5.69 Å². The number of carbonyl (C=O) groups excluding carboxylic acids is 2. The lowest BCUT2D eigenvalue weighted by Gasteiger charge is -2.27. The normalized spacial score (nSPS) is 13.5. The Kier molecular flexibility index (Phi) is 6.43. The minimum Gasteiger partial charge on any atom is -0.370 e. The first-order valence-electron chi connectivity index (χ1n) is 10.5. The molecule has 1 aromatic heterocycles. The molecule has 4 rings (SSSR count). The Labute approximate surface area is 191 Å². The molecule has 1 aliphatic heterocycles. The van der Waals surface area contributed by atoms with E-state index in [0.717, 1.165) is 11.1 Å². The Morgan fingerprint density at radius 2 is 1.97 bits per heavy atom. The summed E-state index contributed by atoms with van der Waals surface area (Å²) in [6.07, 6.45) is 3.34. The molecule has 1 saturated heterocycles. The van der Waals surface area contributed by atoms with Crippen molar-refractivity contribution in [3.05, 3.63) is 76.9 Å². The first kappa shape index (κ1) is 22.1. The Balaban J connectivity index is 1.71. The minimum absolute atomic E-state index is 0.00679. The van der Waals surface area contributed by atoms with E-state index < -0.39 is 0 Å². The molecule has 8 heteroatoms. The van der Waals surface area contributed by atoms with Crippen LogP contribution >= 0.6 is 0 Å². The molecule has 0 aliphatic carbocycles. The van der Waals surface area contributed by atoms with Crippen molar-refractivity contribution in [1.29, 1.82) is 5.26 Å². The highest BCUT2D eigenvalue weighted by Crippen LogP contribution is 2.30. The van der Waals surface area contributed by atoms with Gasteiger partial charge in [-0.1, -0.05) is 12.1 Å². The number of aromatic nitrogens is 2. The third kappa shape index (κ3) is 5.05. The summed E-state index contributed by atoms with van der Waals surface area (Å²) in [6, 6.07) is 13.1. The molecule has 33 heavy (non-hydrogen) atoms. The van der Waals surface area contributed by atoms with Gasteiger partial charge in [0.2, 0.25) is 0 Å². The number of ether oxygens (including phenoxy) is 1. The maximum atomic E-state index is 13.0. The average molecular weight is 441 g/mol. The highest BCUT2D eigenvalue weighted by atomic mass is 16.5. The number of carbonyl (C=O) groups is 2. The number of nitriles is 1. The topological polar surface area (TPSA) is 108 Å². The average Bonchev–Trinajstić information content (AvgIpc) is 2.83. The number of aryl methyl sites for hydroxylation is 2. The number of nitrogens with zero attached hydrogens (tertiary/aromatic N) is 4. The first-order chi connectivity index (χ1) is 15.9. The summed E-state index contributed by atoms with van der Waals surface area (Å²) < 4.78 is 5.25. The molecule has 0 atom stereocenters. The van der Waals surface area contributed by atoms with E-state index in [0.29, 0.717) is 46.9 Å². The third-order valence-electron chi connectivity index (χ3n) is 5.37. The number of anilines is 1. The molecule has 1 fully saturated rings. The Hall–Kier alpha value is -4.09. The van der Waals surface area contributed by atoms with Gasteiger partial charge >= 0.3 is 0 Å². The fourth-order valence-electron chi connectivity index (χ4n) is 3.64. The molecule has 8 nitrogen and oxygen atoms in total. The van der Waals surface area contributed by atoms with Crippen LogP contribution in [-0.2, 0) is 16.1 Å². The minimum atomic E-state index is -0.301. The van der Waals surface area contributed by atoms with Gasteiger partial charge in [-0.05, 0) is 54.8 Å². The van der Waals surface area contributed by atoms with Crippen molar-refractivity contribution >= 4 is 17.5 Å². The second kappa shape index (κ2) is 9.59. The number of hydrogen-bond acceptors (Lipinski definition) is 6. The van der Waals surface area contributed by atoms with Gasteiger partial charge in [0.1, 0.15) is 12.4 Å². The van der Waals surface area contributed by atoms with Gasteiger partial charge in [-0.3, -0.25) is 9.59 Å². The Morgan fingerprint density at radius 1 is 1.18 bits per heavy atom. The smallest absolute Gasteiger partial charge is 0.253 e. The van der Waals surface area contributed by atoms with E-state index in [1.807, 2.05) is 25.1 Å². The molecule has 2 amide bonds. The molecule has 0 saturated carbocycles. The number of rotatable bonds is 5. The summed E-state index contributed by atoms with van der Waals surface area (Å²) in [4.78, 5) is 35.4. The van der Waals surface area contributed by atoms with Crippen LogP contribution in [0.5, 0.6) is 0 Å². The Bertz CT molecular complexity index is 1250. The molecule has 2 aromatic carbocycles. The van der Waals surface area contributed by atoms with E-state index in [-0.39, 0.29) is 25.0 Å². The zero-order chi connectivity index (χ0) is 23.4. The number of morpholine rings is 1. The zero-order valence-electron chi connectivity index (χ0n) is 18.5. The van der Waals surface area contributed by atoms with Crippen LogP contribution < -0.4 is 10.2 Å². The van der Waals surface area contributed by atoms with Crippen LogP contribution in [0.1, 0.15) is 32.9 Å². The number of benzene rings is 2. The molecule has 0 radical (unpaired) electrons. The SMILES string of the molecule is Cc1ccc(-c2cc(C(=O)NCc3cnc(C)nc3)cc(N3CCOCC3=O)c2)c(C#N)c1. The van der Waals surface area contributed by atoms with Gasteiger partial charge in [0, 0.05) is 42.3 Å². The summed E-state index contributed by atoms with van der Waals surface area (Å²) in [6.45, 7) is 4.78. The Morgan fingerprint density at radius 3 is 2.70 bits per heavy atom. The molecule has 166 valence electrons. The van der Waals surface area contributed by atoms with Crippen molar-refractivity contribution in [2.75, 3.05) is 24.7 Å². The van der Waals surface area contributed by atoms with Gasteiger partial charge in [-0.2, -0.15) is 5.26 Å². The second-order valence-electron chi connectivity index (χ2n) is 7.85. The largest absolute Gasteiger partial charge is 0.370 e. The molecule has 2 heterocycles. The monoisotopic (exact) mass is 441 g/mol. The molecule has 0 bridgehead atoms. The highest BCUT2D eigenvalue weighted by Gasteiger charge is 2.22. The van der Waals surface area contributed by atoms with E-state index in [2.05, 4.69) is 21.4 Å².